The van der Waals surface area contributed by atoms with Crippen LogP contribution in [0.25, 0.3) is 0 Å². The van der Waals surface area contributed by atoms with Gasteiger partial charge in [0.1, 0.15) is 54.9 Å². The fourth-order valence-electron chi connectivity index (χ4n) is 6.87. The van der Waals surface area contributed by atoms with Crippen molar-refractivity contribution in [2.24, 2.45) is 0 Å². The first-order valence-corrected chi connectivity index (χ1v) is 21.8. The molecule has 7 N–H and O–H groups in total. The highest BCUT2D eigenvalue weighted by molar-refractivity contribution is 5.69. The van der Waals surface area contributed by atoms with Gasteiger partial charge in [0.2, 0.25) is 0 Å². The van der Waals surface area contributed by atoms with Crippen molar-refractivity contribution in [1.82, 2.24) is 0 Å². The van der Waals surface area contributed by atoms with Crippen molar-refractivity contribution >= 4 is 5.97 Å². The molecule has 0 aliphatic carbocycles. The minimum atomic E-state index is -1.70. The summed E-state index contributed by atoms with van der Waals surface area (Å²) < 4.78 is 34.0. The molecule has 330 valence electrons. The van der Waals surface area contributed by atoms with Crippen LogP contribution in [0.3, 0.4) is 0 Å². The maximum absolute atomic E-state index is 12.9. The van der Waals surface area contributed by atoms with E-state index in [9.17, 15) is 40.5 Å². The van der Waals surface area contributed by atoms with E-state index in [4.69, 9.17) is 28.4 Å². The molecule has 2 aliphatic heterocycles. The SMILES string of the molecule is CCC/C=C\CCCCCCCC(=O)OC(COCCCCCCCCCCCCCC)COC1OC(COC2OC(CO)C(O)C(O)C2O)C(O)C(O)C1O. The van der Waals surface area contributed by atoms with E-state index in [0.29, 0.717) is 13.0 Å². The highest BCUT2D eigenvalue weighted by Crippen LogP contribution is 2.26. The second-order valence-corrected chi connectivity index (χ2v) is 15.5. The van der Waals surface area contributed by atoms with Crippen molar-refractivity contribution in [2.75, 3.05) is 33.0 Å². The molecule has 0 radical (unpaired) electrons. The molecule has 2 rings (SSSR count). The van der Waals surface area contributed by atoms with E-state index >= 15 is 0 Å². The molecule has 11 atom stereocenters. The summed E-state index contributed by atoms with van der Waals surface area (Å²) >= 11 is 0. The molecule has 56 heavy (non-hydrogen) atoms. The number of hydrogen-bond donors (Lipinski definition) is 7. The van der Waals surface area contributed by atoms with Crippen molar-refractivity contribution in [2.45, 2.75) is 216 Å². The Morgan fingerprint density at radius 1 is 0.571 bits per heavy atom. The molecular formula is C42H78O14. The monoisotopic (exact) mass is 807 g/mol. The van der Waals surface area contributed by atoms with Gasteiger partial charge in [0.15, 0.2) is 12.6 Å². The summed E-state index contributed by atoms with van der Waals surface area (Å²) in [7, 11) is 0. The van der Waals surface area contributed by atoms with Crippen molar-refractivity contribution in [1.29, 1.82) is 0 Å². The predicted octanol–water partition coefficient (Wildman–Crippen LogP) is 4.34. The fourth-order valence-corrected chi connectivity index (χ4v) is 6.87. The Morgan fingerprint density at radius 2 is 1.09 bits per heavy atom. The maximum Gasteiger partial charge on any atom is 0.306 e. The summed E-state index contributed by atoms with van der Waals surface area (Å²) in [5, 5.41) is 71.7. The predicted molar refractivity (Wildman–Crippen MR) is 210 cm³/mol. The van der Waals surface area contributed by atoms with Gasteiger partial charge < -0.3 is 64.2 Å². The average Bonchev–Trinajstić information content (AvgIpc) is 3.19. The quantitative estimate of drug-likeness (QED) is 0.0279. The number of rotatable bonds is 33. The lowest BCUT2D eigenvalue weighted by molar-refractivity contribution is -0.332. The van der Waals surface area contributed by atoms with Crippen LogP contribution in [0.2, 0.25) is 0 Å². The highest BCUT2D eigenvalue weighted by Gasteiger charge is 2.47. The Kier molecular flexibility index (Phi) is 28.7. The third-order valence-corrected chi connectivity index (χ3v) is 10.5. The third-order valence-electron chi connectivity index (χ3n) is 10.5. The fraction of sp³-hybridized carbons (Fsp3) is 0.929. The van der Waals surface area contributed by atoms with Crippen LogP contribution in [0, 0.1) is 0 Å². The molecule has 2 fully saturated rings. The van der Waals surface area contributed by atoms with E-state index in [-0.39, 0.29) is 25.6 Å². The van der Waals surface area contributed by atoms with Crippen molar-refractivity contribution in [3.63, 3.8) is 0 Å². The van der Waals surface area contributed by atoms with Gasteiger partial charge in [-0.2, -0.15) is 0 Å². The Balaban J connectivity index is 1.83. The van der Waals surface area contributed by atoms with Gasteiger partial charge >= 0.3 is 5.97 Å². The molecule has 0 aromatic rings. The van der Waals surface area contributed by atoms with Gasteiger partial charge in [-0.25, -0.2) is 0 Å². The lowest BCUT2D eigenvalue weighted by Gasteiger charge is -2.42. The lowest BCUT2D eigenvalue weighted by atomic mass is 9.98. The van der Waals surface area contributed by atoms with Gasteiger partial charge in [0.25, 0.3) is 0 Å². The molecule has 0 spiro atoms. The molecule has 2 saturated heterocycles. The molecule has 11 unspecified atom stereocenters. The number of esters is 1. The van der Waals surface area contributed by atoms with Crippen LogP contribution >= 0.6 is 0 Å². The van der Waals surface area contributed by atoms with E-state index in [1.165, 1.54) is 57.8 Å². The number of ether oxygens (including phenoxy) is 6. The first kappa shape index (κ1) is 50.9. The molecule has 0 aromatic carbocycles. The summed E-state index contributed by atoms with van der Waals surface area (Å²) in [6.45, 7) is 3.60. The number of allylic oxidation sites excluding steroid dienone is 2. The van der Waals surface area contributed by atoms with Crippen LogP contribution in [0.5, 0.6) is 0 Å². The van der Waals surface area contributed by atoms with Gasteiger partial charge in [-0.1, -0.05) is 122 Å². The smallest absolute Gasteiger partial charge is 0.306 e. The Labute approximate surface area is 335 Å². The van der Waals surface area contributed by atoms with E-state index < -0.39 is 80.7 Å². The summed E-state index contributed by atoms with van der Waals surface area (Å²) in [4.78, 5) is 12.9. The van der Waals surface area contributed by atoms with Gasteiger partial charge in [-0.3, -0.25) is 4.79 Å². The Morgan fingerprint density at radius 3 is 1.70 bits per heavy atom. The summed E-state index contributed by atoms with van der Waals surface area (Å²) in [5.41, 5.74) is 0. The second kappa shape index (κ2) is 31.6. The number of carbonyl (C=O) groups excluding carboxylic acids is 1. The van der Waals surface area contributed by atoms with Gasteiger partial charge in [0.05, 0.1) is 26.4 Å². The molecule has 0 bridgehead atoms. The van der Waals surface area contributed by atoms with Crippen LogP contribution in [0.15, 0.2) is 12.2 Å². The van der Waals surface area contributed by atoms with Crippen LogP contribution in [-0.2, 0) is 33.2 Å². The standard InChI is InChI=1S/C42H78O14/c1-3-5-7-9-11-13-15-16-18-20-22-24-26-51-28-31(54-34(44)25-23-21-19-17-14-12-10-8-6-4-2)29-52-41-40(50)38(48)36(46)33(56-41)30-53-42-39(49)37(47)35(45)32(27-43)55-42/h8,10,31-33,35-43,45-50H,3-7,9,11-30H2,1-2H3/b10-8-. The Bertz CT molecular complexity index is 985. The Hall–Kier alpha value is -1.27. The zero-order chi connectivity index (χ0) is 41.0. The zero-order valence-electron chi connectivity index (χ0n) is 34.4. The molecule has 14 heteroatoms. The zero-order valence-corrected chi connectivity index (χ0v) is 34.4. The summed E-state index contributed by atoms with van der Waals surface area (Å²) in [6.07, 6.45) is 11.5. The van der Waals surface area contributed by atoms with Crippen LogP contribution < -0.4 is 0 Å². The highest BCUT2D eigenvalue weighted by atomic mass is 16.7. The van der Waals surface area contributed by atoms with E-state index in [1.807, 2.05) is 0 Å². The van der Waals surface area contributed by atoms with E-state index in [0.717, 1.165) is 64.2 Å². The third kappa shape index (κ3) is 20.6. The van der Waals surface area contributed by atoms with Crippen molar-refractivity contribution in [3.05, 3.63) is 12.2 Å². The minimum Gasteiger partial charge on any atom is -0.457 e. The van der Waals surface area contributed by atoms with E-state index in [1.54, 1.807) is 0 Å². The second-order valence-electron chi connectivity index (χ2n) is 15.5. The van der Waals surface area contributed by atoms with Crippen LogP contribution in [0.1, 0.15) is 149 Å². The number of aliphatic hydroxyl groups excluding tert-OH is 7. The molecular weight excluding hydrogens is 728 g/mol. The maximum atomic E-state index is 12.9. The number of hydrogen-bond acceptors (Lipinski definition) is 14. The topological polar surface area (TPSA) is 214 Å². The van der Waals surface area contributed by atoms with Gasteiger partial charge in [-0.15, -0.1) is 0 Å². The number of carbonyl (C=O) groups is 1. The first-order valence-electron chi connectivity index (χ1n) is 21.8. The largest absolute Gasteiger partial charge is 0.457 e. The first-order chi connectivity index (χ1) is 27.1. The van der Waals surface area contributed by atoms with Crippen LogP contribution in [-0.4, -0.2) is 142 Å². The molecule has 0 amide bonds. The number of aliphatic hydroxyl groups is 7. The summed E-state index contributed by atoms with van der Waals surface area (Å²) in [6, 6.07) is 0. The molecule has 2 aliphatic rings. The molecule has 0 aromatic heterocycles. The average molecular weight is 807 g/mol. The summed E-state index contributed by atoms with van der Waals surface area (Å²) in [5.74, 6) is -0.388. The van der Waals surface area contributed by atoms with Crippen LogP contribution in [0.4, 0.5) is 0 Å². The normalized spacial score (nSPS) is 28.9. The minimum absolute atomic E-state index is 0.0625. The number of unbranched alkanes of at least 4 members (excludes halogenated alkanes) is 17. The molecule has 2 heterocycles. The van der Waals surface area contributed by atoms with Crippen molar-refractivity contribution < 1.29 is 69.0 Å². The molecule has 14 nitrogen and oxygen atoms in total. The van der Waals surface area contributed by atoms with Gasteiger partial charge in [-0.05, 0) is 32.1 Å². The van der Waals surface area contributed by atoms with Gasteiger partial charge in [0, 0.05) is 13.0 Å². The molecule has 0 saturated carbocycles. The van der Waals surface area contributed by atoms with E-state index in [2.05, 4.69) is 26.0 Å². The lowest BCUT2D eigenvalue weighted by Crippen LogP contribution is -2.61. The van der Waals surface area contributed by atoms with Crippen molar-refractivity contribution in [3.8, 4) is 0 Å².